The Morgan fingerprint density at radius 1 is 1.12 bits per heavy atom. The molecule has 2 aromatic carbocycles. The van der Waals surface area contributed by atoms with Crippen LogP contribution in [0.5, 0.6) is 0 Å². The number of nitrogens with zero attached hydrogens (tertiary/aromatic N) is 1. The Kier molecular flexibility index (Phi) is 5.13. The Bertz CT molecular complexity index is 905. The largest absolute Gasteiger partial charge is 0.455 e. The van der Waals surface area contributed by atoms with Crippen LogP contribution in [0.1, 0.15) is 16.1 Å². The normalized spacial score (nSPS) is 10.9. The molecule has 1 heterocycles. The molecule has 4 nitrogen and oxygen atoms in total. The van der Waals surface area contributed by atoms with Gasteiger partial charge in [0, 0.05) is 15.1 Å². The Hall–Kier alpha value is -2.37. The second-order valence-electron chi connectivity index (χ2n) is 4.89. The molecule has 120 valence electrons. The second-order valence-corrected chi connectivity index (χ2v) is 6.18. The highest BCUT2D eigenvalue weighted by Gasteiger charge is 2.08. The van der Waals surface area contributed by atoms with E-state index in [1.165, 1.54) is 6.21 Å². The first-order valence-corrected chi connectivity index (χ1v) is 8.24. The minimum atomic E-state index is -0.305. The van der Waals surface area contributed by atoms with Crippen molar-refractivity contribution in [2.45, 2.75) is 0 Å². The van der Waals surface area contributed by atoms with E-state index < -0.39 is 0 Å². The van der Waals surface area contributed by atoms with E-state index in [2.05, 4.69) is 26.5 Å². The summed E-state index contributed by atoms with van der Waals surface area (Å²) >= 11 is 9.30. The molecule has 0 fully saturated rings. The van der Waals surface area contributed by atoms with Crippen LogP contribution >= 0.6 is 27.5 Å². The van der Waals surface area contributed by atoms with Gasteiger partial charge in [-0.2, -0.15) is 5.10 Å². The SMILES string of the molecule is O=C(NN=Cc1ccc(-c2cccc(Cl)c2)o1)c1ccccc1Br. The first-order chi connectivity index (χ1) is 11.6. The summed E-state index contributed by atoms with van der Waals surface area (Å²) in [5.74, 6) is 0.897. The van der Waals surface area contributed by atoms with Crippen molar-refractivity contribution in [1.29, 1.82) is 0 Å². The van der Waals surface area contributed by atoms with E-state index in [4.69, 9.17) is 16.0 Å². The van der Waals surface area contributed by atoms with Crippen LogP contribution < -0.4 is 5.43 Å². The number of rotatable bonds is 4. The summed E-state index contributed by atoms with van der Waals surface area (Å²) in [5, 5.41) is 4.56. The van der Waals surface area contributed by atoms with Crippen LogP contribution in [0.25, 0.3) is 11.3 Å². The number of amides is 1. The monoisotopic (exact) mass is 402 g/mol. The predicted octanol–water partition coefficient (Wildman–Crippen LogP) is 5.13. The minimum absolute atomic E-state index is 0.305. The Labute approximate surface area is 152 Å². The lowest BCUT2D eigenvalue weighted by Crippen LogP contribution is -2.17. The topological polar surface area (TPSA) is 54.6 Å². The molecule has 1 aromatic heterocycles. The van der Waals surface area contributed by atoms with E-state index in [9.17, 15) is 4.79 Å². The van der Waals surface area contributed by atoms with Crippen molar-refractivity contribution < 1.29 is 9.21 Å². The van der Waals surface area contributed by atoms with Crippen LogP contribution in [-0.4, -0.2) is 12.1 Å². The highest BCUT2D eigenvalue weighted by atomic mass is 79.9. The number of hydrazone groups is 1. The van der Waals surface area contributed by atoms with Crippen LogP contribution in [-0.2, 0) is 0 Å². The van der Waals surface area contributed by atoms with E-state index in [-0.39, 0.29) is 5.91 Å². The molecule has 0 saturated carbocycles. The molecule has 0 bridgehead atoms. The summed E-state index contributed by atoms with van der Waals surface area (Å²) in [4.78, 5) is 12.0. The maximum absolute atomic E-state index is 12.0. The Balaban J connectivity index is 1.68. The number of halogens is 2. The van der Waals surface area contributed by atoms with E-state index >= 15 is 0 Å². The third-order valence-electron chi connectivity index (χ3n) is 3.21. The molecule has 3 aromatic rings. The van der Waals surface area contributed by atoms with E-state index in [1.54, 1.807) is 30.3 Å². The van der Waals surface area contributed by atoms with Gasteiger partial charge in [-0.3, -0.25) is 4.79 Å². The van der Waals surface area contributed by atoms with Gasteiger partial charge in [-0.15, -0.1) is 0 Å². The number of benzene rings is 2. The van der Waals surface area contributed by atoms with Crippen LogP contribution in [0.15, 0.2) is 74.7 Å². The van der Waals surface area contributed by atoms with Gasteiger partial charge >= 0.3 is 0 Å². The first kappa shape index (κ1) is 16.5. The molecule has 0 saturated heterocycles. The van der Waals surface area contributed by atoms with Gasteiger partial charge in [0.15, 0.2) is 0 Å². The number of carbonyl (C=O) groups is 1. The fourth-order valence-corrected chi connectivity index (χ4v) is 2.73. The summed E-state index contributed by atoms with van der Waals surface area (Å²) in [5.41, 5.74) is 3.85. The molecule has 0 aliphatic heterocycles. The van der Waals surface area contributed by atoms with Crippen molar-refractivity contribution >= 4 is 39.7 Å². The molecular formula is C18H12BrClN2O2. The maximum atomic E-state index is 12.0. The maximum Gasteiger partial charge on any atom is 0.272 e. The van der Waals surface area contributed by atoms with Gasteiger partial charge in [0.1, 0.15) is 11.5 Å². The molecule has 0 aliphatic rings. The smallest absolute Gasteiger partial charge is 0.272 e. The number of hydrogen-bond acceptors (Lipinski definition) is 3. The summed E-state index contributed by atoms with van der Waals surface area (Å²) in [7, 11) is 0. The molecule has 0 radical (unpaired) electrons. The van der Waals surface area contributed by atoms with Gasteiger partial charge in [-0.25, -0.2) is 5.43 Å². The minimum Gasteiger partial charge on any atom is -0.455 e. The first-order valence-electron chi connectivity index (χ1n) is 7.07. The van der Waals surface area contributed by atoms with E-state index in [0.29, 0.717) is 26.6 Å². The molecule has 0 aliphatic carbocycles. The lowest BCUT2D eigenvalue weighted by Gasteiger charge is -2.01. The average molecular weight is 404 g/mol. The lowest BCUT2D eigenvalue weighted by molar-refractivity contribution is 0.0954. The number of furan rings is 1. The molecule has 1 amide bonds. The summed E-state index contributed by atoms with van der Waals surface area (Å²) < 4.78 is 6.37. The molecular weight excluding hydrogens is 392 g/mol. The van der Waals surface area contributed by atoms with Crippen molar-refractivity contribution in [3.63, 3.8) is 0 Å². The van der Waals surface area contributed by atoms with Gasteiger partial charge in [0.05, 0.1) is 11.8 Å². The van der Waals surface area contributed by atoms with Crippen molar-refractivity contribution in [2.24, 2.45) is 5.10 Å². The summed E-state index contributed by atoms with van der Waals surface area (Å²) in [6, 6.07) is 18.1. The third-order valence-corrected chi connectivity index (χ3v) is 4.14. The molecule has 0 atom stereocenters. The molecule has 3 rings (SSSR count). The van der Waals surface area contributed by atoms with Gasteiger partial charge in [0.2, 0.25) is 0 Å². The number of nitrogens with one attached hydrogen (secondary N) is 1. The fraction of sp³-hybridized carbons (Fsp3) is 0. The standard InChI is InChI=1S/C18H12BrClN2O2/c19-16-7-2-1-6-15(16)18(23)22-21-11-14-8-9-17(24-14)12-4-3-5-13(20)10-12/h1-11H,(H,22,23). The Morgan fingerprint density at radius 2 is 1.96 bits per heavy atom. The van der Waals surface area contributed by atoms with Crippen molar-refractivity contribution in [3.05, 3.63) is 81.5 Å². The summed E-state index contributed by atoms with van der Waals surface area (Å²) in [6.07, 6.45) is 1.45. The van der Waals surface area contributed by atoms with Gasteiger partial charge in [-0.05, 0) is 52.3 Å². The highest BCUT2D eigenvalue weighted by Crippen LogP contribution is 2.24. The average Bonchev–Trinajstić information content (AvgIpc) is 3.04. The molecule has 0 spiro atoms. The van der Waals surface area contributed by atoms with Crippen molar-refractivity contribution in [1.82, 2.24) is 5.43 Å². The zero-order chi connectivity index (χ0) is 16.9. The highest BCUT2D eigenvalue weighted by molar-refractivity contribution is 9.10. The van der Waals surface area contributed by atoms with Crippen molar-refractivity contribution in [2.75, 3.05) is 0 Å². The quantitative estimate of drug-likeness (QED) is 0.485. The zero-order valence-electron chi connectivity index (χ0n) is 12.4. The molecule has 1 N–H and O–H groups in total. The van der Waals surface area contributed by atoms with Crippen LogP contribution in [0.4, 0.5) is 0 Å². The predicted molar refractivity (Wildman–Crippen MR) is 98.4 cm³/mol. The third kappa shape index (κ3) is 3.93. The van der Waals surface area contributed by atoms with Gasteiger partial charge in [-0.1, -0.05) is 35.9 Å². The molecule has 0 unspecified atom stereocenters. The van der Waals surface area contributed by atoms with Crippen LogP contribution in [0.3, 0.4) is 0 Å². The second kappa shape index (κ2) is 7.47. The van der Waals surface area contributed by atoms with E-state index in [1.807, 2.05) is 30.3 Å². The van der Waals surface area contributed by atoms with E-state index in [0.717, 1.165) is 5.56 Å². The van der Waals surface area contributed by atoms with Gasteiger partial charge in [0.25, 0.3) is 5.91 Å². The van der Waals surface area contributed by atoms with Crippen LogP contribution in [0, 0.1) is 0 Å². The molecule has 6 heteroatoms. The van der Waals surface area contributed by atoms with Crippen LogP contribution in [0.2, 0.25) is 5.02 Å². The number of carbonyl (C=O) groups excluding carboxylic acids is 1. The fourth-order valence-electron chi connectivity index (χ4n) is 2.08. The summed E-state index contributed by atoms with van der Waals surface area (Å²) in [6.45, 7) is 0. The van der Waals surface area contributed by atoms with Crippen molar-refractivity contribution in [3.8, 4) is 11.3 Å². The number of hydrogen-bond donors (Lipinski definition) is 1. The Morgan fingerprint density at radius 3 is 2.75 bits per heavy atom. The van der Waals surface area contributed by atoms with Gasteiger partial charge < -0.3 is 4.42 Å². The molecule has 24 heavy (non-hydrogen) atoms. The zero-order valence-corrected chi connectivity index (χ0v) is 14.7. The lowest BCUT2D eigenvalue weighted by atomic mass is 10.2.